The van der Waals surface area contributed by atoms with Gasteiger partial charge in [-0.2, -0.15) is 0 Å². The van der Waals surface area contributed by atoms with Gasteiger partial charge in [0.25, 0.3) is 0 Å². The minimum Gasteiger partial charge on any atom is -0.493 e. The van der Waals surface area contributed by atoms with Crippen molar-refractivity contribution < 1.29 is 9.47 Å². The molecule has 1 aliphatic rings. The molecule has 0 atom stereocenters. The maximum atomic E-state index is 6.36. The van der Waals surface area contributed by atoms with Gasteiger partial charge in [-0.05, 0) is 62.1 Å². The number of hydrogen-bond donors (Lipinski definition) is 0. The van der Waals surface area contributed by atoms with E-state index < -0.39 is 0 Å². The molecule has 2 heterocycles. The van der Waals surface area contributed by atoms with Crippen LogP contribution in [0.4, 0.5) is 0 Å². The number of imidazole rings is 1. The molecule has 0 aliphatic heterocycles. The highest BCUT2D eigenvalue weighted by Crippen LogP contribution is 2.36. The highest BCUT2D eigenvalue weighted by Gasteiger charge is 2.20. The minimum absolute atomic E-state index is 0.241. The molecular weight excluding hydrogens is 388 g/mol. The van der Waals surface area contributed by atoms with Crippen LogP contribution in [-0.4, -0.2) is 32.7 Å². The van der Waals surface area contributed by atoms with E-state index in [1.165, 1.54) is 12.8 Å². The molecule has 1 fully saturated rings. The van der Waals surface area contributed by atoms with Crippen LogP contribution in [0.25, 0.3) is 29.1 Å². The molecule has 4 aromatic rings. The quantitative estimate of drug-likeness (QED) is 0.429. The molecule has 2 aromatic carbocycles. The Labute approximate surface area is 181 Å². The molecular formula is C25H24N4O2. The van der Waals surface area contributed by atoms with Gasteiger partial charge in [0.2, 0.25) is 5.95 Å². The normalized spacial score (nSPS) is 14.5. The predicted octanol–water partition coefficient (Wildman–Crippen LogP) is 5.32. The van der Waals surface area contributed by atoms with Gasteiger partial charge in [0.15, 0.2) is 11.5 Å². The molecule has 5 rings (SSSR count). The van der Waals surface area contributed by atoms with Crippen molar-refractivity contribution in [2.75, 3.05) is 7.11 Å². The van der Waals surface area contributed by atoms with Crippen molar-refractivity contribution in [3.8, 4) is 17.4 Å². The Morgan fingerprint density at radius 3 is 2.55 bits per heavy atom. The molecule has 156 valence electrons. The van der Waals surface area contributed by atoms with E-state index in [0.717, 1.165) is 46.8 Å². The topological polar surface area (TPSA) is 62.1 Å². The number of aromatic nitrogens is 4. The van der Waals surface area contributed by atoms with Crippen LogP contribution in [-0.2, 0) is 0 Å². The Bertz CT molecular complexity index is 1210. The molecule has 0 unspecified atom stereocenters. The van der Waals surface area contributed by atoms with Crippen molar-refractivity contribution in [1.82, 2.24) is 19.5 Å². The zero-order valence-electron chi connectivity index (χ0n) is 17.4. The first kappa shape index (κ1) is 19.3. The van der Waals surface area contributed by atoms with Crippen molar-refractivity contribution in [3.63, 3.8) is 0 Å². The fourth-order valence-electron chi connectivity index (χ4n) is 4.06. The smallest absolute Gasteiger partial charge is 0.235 e. The van der Waals surface area contributed by atoms with E-state index in [0.29, 0.717) is 5.95 Å². The summed E-state index contributed by atoms with van der Waals surface area (Å²) in [5.74, 6) is 2.87. The Morgan fingerprint density at radius 2 is 1.74 bits per heavy atom. The zero-order chi connectivity index (χ0) is 21.0. The Balaban J connectivity index is 1.57. The van der Waals surface area contributed by atoms with E-state index in [9.17, 15) is 0 Å². The molecule has 2 aromatic heterocycles. The molecule has 0 saturated heterocycles. The van der Waals surface area contributed by atoms with Crippen LogP contribution < -0.4 is 9.47 Å². The third-order valence-corrected chi connectivity index (χ3v) is 5.57. The SMILES string of the molecule is COc1cccc(/C=C/c2nc3ccccc3n2-c2ncccn2)c1OC1CCCC1. The number of fused-ring (bicyclic) bond motifs is 1. The fourth-order valence-corrected chi connectivity index (χ4v) is 4.06. The van der Waals surface area contributed by atoms with Crippen LogP contribution in [0, 0.1) is 0 Å². The largest absolute Gasteiger partial charge is 0.493 e. The lowest BCUT2D eigenvalue weighted by Crippen LogP contribution is -2.12. The van der Waals surface area contributed by atoms with E-state index in [1.54, 1.807) is 25.6 Å². The summed E-state index contributed by atoms with van der Waals surface area (Å²) in [5, 5.41) is 0. The average molecular weight is 412 g/mol. The Hall–Kier alpha value is -3.67. The number of nitrogens with zero attached hydrogens (tertiary/aromatic N) is 4. The highest BCUT2D eigenvalue weighted by molar-refractivity contribution is 5.82. The van der Waals surface area contributed by atoms with Gasteiger partial charge in [0.05, 0.1) is 24.2 Å². The molecule has 0 amide bonds. The summed E-state index contributed by atoms with van der Waals surface area (Å²) in [7, 11) is 1.68. The molecule has 0 N–H and O–H groups in total. The van der Waals surface area contributed by atoms with Crippen molar-refractivity contribution in [1.29, 1.82) is 0 Å². The first-order valence-electron chi connectivity index (χ1n) is 10.6. The van der Waals surface area contributed by atoms with Crippen LogP contribution in [0.2, 0.25) is 0 Å². The second-order valence-electron chi connectivity index (χ2n) is 7.58. The van der Waals surface area contributed by atoms with Gasteiger partial charge < -0.3 is 9.47 Å². The summed E-state index contributed by atoms with van der Waals surface area (Å²) in [6.45, 7) is 0. The van der Waals surface area contributed by atoms with E-state index in [2.05, 4.69) is 9.97 Å². The summed E-state index contributed by atoms with van der Waals surface area (Å²) < 4.78 is 13.9. The monoisotopic (exact) mass is 412 g/mol. The summed E-state index contributed by atoms with van der Waals surface area (Å²) >= 11 is 0. The van der Waals surface area contributed by atoms with E-state index in [-0.39, 0.29) is 6.10 Å². The van der Waals surface area contributed by atoms with Crippen LogP contribution in [0.15, 0.2) is 60.9 Å². The lowest BCUT2D eigenvalue weighted by Gasteiger charge is -2.18. The van der Waals surface area contributed by atoms with Crippen LogP contribution in [0.3, 0.4) is 0 Å². The molecule has 6 nitrogen and oxygen atoms in total. The number of ether oxygens (including phenoxy) is 2. The van der Waals surface area contributed by atoms with Crippen molar-refractivity contribution in [2.24, 2.45) is 0 Å². The number of rotatable bonds is 6. The predicted molar refractivity (Wildman–Crippen MR) is 121 cm³/mol. The summed E-state index contributed by atoms with van der Waals surface area (Å²) in [6.07, 6.45) is 12.3. The maximum Gasteiger partial charge on any atom is 0.235 e. The standard InChI is InChI=1S/C25H24N4O2/c1-30-22-13-6-8-18(24(22)31-19-9-2-3-10-19)14-15-23-28-20-11-4-5-12-21(20)29(23)25-26-16-7-17-27-25/h4-8,11-17,19H,2-3,9-10H2,1H3/b15-14+. The minimum atomic E-state index is 0.241. The second kappa shape index (κ2) is 8.60. The van der Waals surface area contributed by atoms with Crippen molar-refractivity contribution in [3.05, 3.63) is 72.3 Å². The molecule has 6 heteroatoms. The second-order valence-corrected chi connectivity index (χ2v) is 7.58. The number of hydrogen-bond acceptors (Lipinski definition) is 5. The van der Waals surface area contributed by atoms with Crippen LogP contribution in [0.1, 0.15) is 37.1 Å². The molecule has 31 heavy (non-hydrogen) atoms. The molecule has 0 spiro atoms. The first-order valence-corrected chi connectivity index (χ1v) is 10.6. The third-order valence-electron chi connectivity index (χ3n) is 5.57. The van der Waals surface area contributed by atoms with Gasteiger partial charge in [-0.3, -0.25) is 4.57 Å². The highest BCUT2D eigenvalue weighted by atomic mass is 16.5. The Kier molecular flexibility index (Phi) is 5.35. The van der Waals surface area contributed by atoms with Gasteiger partial charge in [0, 0.05) is 18.0 Å². The van der Waals surface area contributed by atoms with Crippen molar-refractivity contribution in [2.45, 2.75) is 31.8 Å². The van der Waals surface area contributed by atoms with Gasteiger partial charge in [-0.15, -0.1) is 0 Å². The first-order chi connectivity index (χ1) is 15.3. The number of benzene rings is 2. The summed E-state index contributed by atoms with van der Waals surface area (Å²) in [6, 6.07) is 15.7. The fraction of sp³-hybridized carbons (Fsp3) is 0.240. The van der Waals surface area contributed by atoms with Gasteiger partial charge in [0.1, 0.15) is 5.82 Å². The molecule has 1 saturated carbocycles. The maximum absolute atomic E-state index is 6.36. The number of methoxy groups -OCH3 is 1. The molecule has 0 bridgehead atoms. The van der Waals surface area contributed by atoms with Gasteiger partial charge >= 0.3 is 0 Å². The van der Waals surface area contributed by atoms with E-state index >= 15 is 0 Å². The summed E-state index contributed by atoms with van der Waals surface area (Å²) in [5.41, 5.74) is 2.81. The third kappa shape index (κ3) is 3.89. The molecule has 1 aliphatic carbocycles. The van der Waals surface area contributed by atoms with Gasteiger partial charge in [-0.1, -0.05) is 24.3 Å². The Morgan fingerprint density at radius 1 is 0.935 bits per heavy atom. The number of para-hydroxylation sites is 3. The summed E-state index contributed by atoms with van der Waals surface area (Å²) in [4.78, 5) is 13.7. The lowest BCUT2D eigenvalue weighted by atomic mass is 10.1. The molecule has 0 radical (unpaired) electrons. The van der Waals surface area contributed by atoms with Gasteiger partial charge in [-0.25, -0.2) is 15.0 Å². The average Bonchev–Trinajstić information content (AvgIpc) is 3.46. The van der Waals surface area contributed by atoms with E-state index in [1.807, 2.05) is 59.2 Å². The van der Waals surface area contributed by atoms with Crippen molar-refractivity contribution >= 4 is 23.2 Å². The zero-order valence-corrected chi connectivity index (χ0v) is 17.4. The van der Waals surface area contributed by atoms with Crippen LogP contribution in [0.5, 0.6) is 11.5 Å². The lowest BCUT2D eigenvalue weighted by molar-refractivity contribution is 0.200. The van der Waals surface area contributed by atoms with E-state index in [4.69, 9.17) is 14.5 Å². The van der Waals surface area contributed by atoms with Crippen LogP contribution >= 0.6 is 0 Å².